The van der Waals surface area contributed by atoms with Gasteiger partial charge >= 0.3 is 15.6 Å². The first-order chi connectivity index (χ1) is 9.33. The van der Waals surface area contributed by atoms with Gasteiger partial charge in [0.2, 0.25) is 0 Å². The highest BCUT2D eigenvalue weighted by Crippen LogP contribution is 2.42. The van der Waals surface area contributed by atoms with Crippen molar-refractivity contribution in [1.82, 2.24) is 0 Å². The van der Waals surface area contributed by atoms with Gasteiger partial charge in [-0.15, -0.1) is 11.8 Å². The maximum atomic E-state index is 11.7. The smallest absolute Gasteiger partial charge is 0.294 e. The van der Waals surface area contributed by atoms with E-state index in [0.717, 1.165) is 10.5 Å². The molecule has 9 heteroatoms. The molecule has 0 atom stereocenters. The number of carbonyl (C=O) groups is 1. The highest BCUT2D eigenvalue weighted by molar-refractivity contribution is 8.00. The molecule has 1 N–H and O–H groups in total. The molecule has 1 aromatic carbocycles. The van der Waals surface area contributed by atoms with Crippen LogP contribution < -0.4 is 0 Å². The van der Waals surface area contributed by atoms with E-state index in [1.165, 1.54) is 0 Å². The molecule has 0 amide bonds. The summed E-state index contributed by atoms with van der Waals surface area (Å²) in [6, 6.07) is 7.86. The van der Waals surface area contributed by atoms with E-state index in [4.69, 9.17) is 13.0 Å². The number of rotatable bonds is 0. The Hall–Kier alpha value is -1.06. The second-order valence-corrected chi connectivity index (χ2v) is 8.04. The Morgan fingerprint density at radius 1 is 1.24 bits per heavy atom. The van der Waals surface area contributed by atoms with E-state index in [-0.39, 0.29) is 10.5 Å². The zero-order valence-electron chi connectivity index (χ0n) is 11.1. The summed E-state index contributed by atoms with van der Waals surface area (Å²) in [5, 5.41) is 0. The van der Waals surface area contributed by atoms with Gasteiger partial charge in [0.1, 0.15) is 0 Å². The summed E-state index contributed by atoms with van der Waals surface area (Å²) < 4.78 is 57.6. The Morgan fingerprint density at radius 2 is 1.71 bits per heavy atom. The molecule has 0 saturated heterocycles. The van der Waals surface area contributed by atoms with Crippen LogP contribution in [0.3, 0.4) is 0 Å². The van der Waals surface area contributed by atoms with E-state index in [9.17, 15) is 18.0 Å². The third kappa shape index (κ3) is 5.01. The first-order valence-corrected chi connectivity index (χ1v) is 7.94. The lowest BCUT2D eigenvalue weighted by atomic mass is 9.99. The minimum atomic E-state index is -5.84. The van der Waals surface area contributed by atoms with Crippen LogP contribution in [-0.2, 0) is 10.1 Å². The maximum absolute atomic E-state index is 11.7. The Morgan fingerprint density at radius 3 is 2.19 bits per heavy atom. The van der Waals surface area contributed by atoms with Crippen LogP contribution in [0.4, 0.5) is 13.2 Å². The van der Waals surface area contributed by atoms with Crippen molar-refractivity contribution in [2.75, 3.05) is 0 Å². The molecule has 0 saturated carbocycles. The van der Waals surface area contributed by atoms with Crippen LogP contribution in [0.5, 0.6) is 0 Å². The molecule has 21 heavy (non-hydrogen) atoms. The molecule has 1 aliphatic heterocycles. The molecule has 1 heterocycles. The largest absolute Gasteiger partial charge is 0.522 e. The van der Waals surface area contributed by atoms with Crippen LogP contribution in [0, 0.1) is 0 Å². The van der Waals surface area contributed by atoms with Gasteiger partial charge in [-0.3, -0.25) is 9.35 Å². The standard InChI is InChI=1S/C11H12OS.CHF3O3S/c1-11(2)7-9(12)8-5-3-4-6-10(8)13-11;2-1(3,4)8(5,6)7/h3-6H,7H2,1-2H3;(H,5,6,7). The molecular formula is C12H13F3O4S2. The van der Waals surface area contributed by atoms with Crippen LogP contribution in [0.15, 0.2) is 29.2 Å². The van der Waals surface area contributed by atoms with Crippen molar-refractivity contribution < 1.29 is 30.9 Å². The maximum Gasteiger partial charge on any atom is 0.522 e. The number of ketones is 1. The van der Waals surface area contributed by atoms with Crippen molar-refractivity contribution in [3.8, 4) is 0 Å². The minimum Gasteiger partial charge on any atom is -0.294 e. The number of Topliss-reactive ketones (excluding diaryl/α,β-unsaturated/α-hetero) is 1. The Labute approximate surface area is 124 Å². The number of thioether (sulfide) groups is 1. The molecule has 1 aromatic rings. The van der Waals surface area contributed by atoms with Crippen LogP contribution in [0.2, 0.25) is 0 Å². The van der Waals surface area contributed by atoms with Crippen LogP contribution >= 0.6 is 11.8 Å². The lowest BCUT2D eigenvalue weighted by Gasteiger charge is -2.29. The van der Waals surface area contributed by atoms with E-state index in [2.05, 4.69) is 13.8 Å². The monoisotopic (exact) mass is 342 g/mol. The Bertz CT molecular complexity index is 636. The molecule has 0 aliphatic carbocycles. The van der Waals surface area contributed by atoms with Gasteiger partial charge in [0, 0.05) is 21.6 Å². The van der Waals surface area contributed by atoms with E-state index in [1.807, 2.05) is 24.3 Å². The summed E-state index contributed by atoms with van der Waals surface area (Å²) >= 11 is 1.80. The number of halogens is 3. The molecule has 0 unspecified atom stereocenters. The number of fused-ring (bicyclic) bond motifs is 1. The van der Waals surface area contributed by atoms with E-state index >= 15 is 0 Å². The third-order valence-electron chi connectivity index (χ3n) is 2.45. The molecule has 1 aliphatic rings. The van der Waals surface area contributed by atoms with Crippen LogP contribution in [0.25, 0.3) is 0 Å². The number of carbonyl (C=O) groups excluding carboxylic acids is 1. The van der Waals surface area contributed by atoms with Gasteiger partial charge in [-0.25, -0.2) is 0 Å². The van der Waals surface area contributed by atoms with Gasteiger partial charge in [0.05, 0.1) is 0 Å². The Balaban J connectivity index is 0.000000240. The van der Waals surface area contributed by atoms with Gasteiger partial charge in [-0.05, 0) is 19.9 Å². The molecule has 0 spiro atoms. The first kappa shape index (κ1) is 18.0. The fourth-order valence-corrected chi connectivity index (χ4v) is 2.84. The third-order valence-corrected chi connectivity index (χ3v) is 4.31. The molecular weight excluding hydrogens is 329 g/mol. The van der Waals surface area contributed by atoms with E-state index in [1.54, 1.807) is 11.8 Å². The van der Waals surface area contributed by atoms with Crippen molar-refractivity contribution in [3.05, 3.63) is 29.8 Å². The van der Waals surface area contributed by atoms with Crippen molar-refractivity contribution in [1.29, 1.82) is 0 Å². The van der Waals surface area contributed by atoms with Crippen LogP contribution in [-0.4, -0.2) is 29.0 Å². The molecule has 2 rings (SSSR count). The highest BCUT2D eigenvalue weighted by atomic mass is 32.2. The molecule has 0 bridgehead atoms. The van der Waals surface area contributed by atoms with Gasteiger partial charge < -0.3 is 0 Å². The summed E-state index contributed by atoms with van der Waals surface area (Å²) in [5.41, 5.74) is -4.64. The summed E-state index contributed by atoms with van der Waals surface area (Å²) in [4.78, 5) is 12.8. The van der Waals surface area contributed by atoms with Crippen LogP contribution in [0.1, 0.15) is 30.6 Å². The number of hydrogen-bond acceptors (Lipinski definition) is 4. The summed E-state index contributed by atoms with van der Waals surface area (Å²) in [7, 11) is -5.84. The number of hydrogen-bond donors (Lipinski definition) is 1. The predicted octanol–water partition coefficient (Wildman–Crippen LogP) is 3.54. The van der Waals surface area contributed by atoms with Gasteiger partial charge in [-0.1, -0.05) is 18.2 Å². The first-order valence-electron chi connectivity index (χ1n) is 5.68. The van der Waals surface area contributed by atoms with E-state index < -0.39 is 15.6 Å². The normalized spacial score (nSPS) is 17.5. The molecule has 0 aromatic heterocycles. The van der Waals surface area contributed by atoms with Crippen molar-refractivity contribution in [2.45, 2.75) is 35.4 Å². The average molecular weight is 342 g/mol. The summed E-state index contributed by atoms with van der Waals surface area (Å²) in [5.74, 6) is 0.277. The summed E-state index contributed by atoms with van der Waals surface area (Å²) in [6.07, 6.45) is 0.648. The second kappa shape index (κ2) is 5.98. The number of benzene rings is 1. The Kier molecular flexibility index (Phi) is 5.12. The summed E-state index contributed by atoms with van der Waals surface area (Å²) in [6.45, 7) is 4.23. The molecule has 0 radical (unpaired) electrons. The van der Waals surface area contributed by atoms with Crippen molar-refractivity contribution in [3.63, 3.8) is 0 Å². The van der Waals surface area contributed by atoms with E-state index in [0.29, 0.717) is 6.42 Å². The van der Waals surface area contributed by atoms with Gasteiger partial charge in [0.25, 0.3) is 0 Å². The lowest BCUT2D eigenvalue weighted by molar-refractivity contribution is -0.0510. The quantitative estimate of drug-likeness (QED) is 0.577. The zero-order valence-corrected chi connectivity index (χ0v) is 12.8. The average Bonchev–Trinajstić information content (AvgIpc) is 2.25. The predicted molar refractivity (Wildman–Crippen MR) is 72.9 cm³/mol. The fraction of sp³-hybridized carbons (Fsp3) is 0.417. The fourth-order valence-electron chi connectivity index (χ4n) is 1.60. The molecule has 0 fully saturated rings. The van der Waals surface area contributed by atoms with Gasteiger partial charge in [0.15, 0.2) is 5.78 Å². The molecule has 4 nitrogen and oxygen atoms in total. The molecule has 118 valence electrons. The second-order valence-electron chi connectivity index (χ2n) is 4.88. The minimum absolute atomic E-state index is 0.0609. The number of alkyl halides is 3. The SMILES string of the molecule is CC1(C)CC(=O)c2ccccc2S1.O=S(=O)(O)C(F)(F)F. The van der Waals surface area contributed by atoms with Gasteiger partial charge in [-0.2, -0.15) is 21.6 Å². The highest BCUT2D eigenvalue weighted by Gasteiger charge is 2.44. The lowest BCUT2D eigenvalue weighted by Crippen LogP contribution is -2.25. The zero-order chi connectivity index (χ0) is 16.5. The van der Waals surface area contributed by atoms with Crippen molar-refractivity contribution in [2.24, 2.45) is 0 Å². The van der Waals surface area contributed by atoms with Crippen molar-refractivity contribution >= 4 is 27.7 Å². The topological polar surface area (TPSA) is 71.4 Å².